The minimum Gasteiger partial charge on any atom is -0.383 e. The van der Waals surface area contributed by atoms with Gasteiger partial charge in [-0.25, -0.2) is 9.97 Å². The highest BCUT2D eigenvalue weighted by molar-refractivity contribution is 9.10. The number of benzene rings is 1. The Bertz CT molecular complexity index is 596. The highest BCUT2D eigenvalue weighted by atomic mass is 79.9. The molecule has 4 nitrogen and oxygen atoms in total. The smallest absolute Gasteiger partial charge is 0.139 e. The van der Waals surface area contributed by atoms with Gasteiger partial charge >= 0.3 is 0 Å². The molecule has 0 fully saturated rings. The van der Waals surface area contributed by atoms with Gasteiger partial charge in [0.2, 0.25) is 0 Å². The lowest BCUT2D eigenvalue weighted by Crippen LogP contribution is -2.06. The second-order valence-corrected chi connectivity index (χ2v) is 5.62. The lowest BCUT2D eigenvalue weighted by atomic mass is 10.0. The summed E-state index contributed by atoms with van der Waals surface area (Å²) in [4.78, 5) is 8.35. The normalized spacial score (nSPS) is 10.8. The number of anilines is 3. The van der Waals surface area contributed by atoms with E-state index < -0.39 is 0 Å². The average Bonchev–Trinajstić information content (AvgIpc) is 2.33. The van der Waals surface area contributed by atoms with E-state index in [0.717, 1.165) is 27.1 Å². The van der Waals surface area contributed by atoms with Crippen molar-refractivity contribution in [1.82, 2.24) is 9.97 Å². The van der Waals surface area contributed by atoms with Gasteiger partial charge in [0.05, 0.1) is 0 Å². The summed E-state index contributed by atoms with van der Waals surface area (Å²) in [5.74, 6) is 1.56. The molecule has 2 rings (SSSR count). The van der Waals surface area contributed by atoms with Crippen LogP contribution in [0.2, 0.25) is 0 Å². The lowest BCUT2D eigenvalue weighted by Gasteiger charge is -2.15. The van der Waals surface area contributed by atoms with Crippen molar-refractivity contribution in [2.75, 3.05) is 11.1 Å². The van der Waals surface area contributed by atoms with Crippen molar-refractivity contribution in [3.05, 3.63) is 40.1 Å². The summed E-state index contributed by atoms with van der Waals surface area (Å²) in [7, 11) is 0. The Balaban J connectivity index is 2.38. The molecule has 2 aromatic rings. The van der Waals surface area contributed by atoms with E-state index in [4.69, 9.17) is 5.73 Å². The van der Waals surface area contributed by atoms with Gasteiger partial charge in [0.25, 0.3) is 0 Å². The zero-order chi connectivity index (χ0) is 14.0. The number of hydrogen-bond donors (Lipinski definition) is 2. The molecule has 1 aromatic carbocycles. The van der Waals surface area contributed by atoms with Crippen LogP contribution in [0, 0.1) is 6.92 Å². The fourth-order valence-electron chi connectivity index (χ4n) is 1.94. The third-order valence-corrected chi connectivity index (χ3v) is 3.80. The number of hydrogen-bond acceptors (Lipinski definition) is 4. The van der Waals surface area contributed by atoms with Crippen LogP contribution in [-0.4, -0.2) is 9.97 Å². The van der Waals surface area contributed by atoms with Crippen LogP contribution in [0.5, 0.6) is 0 Å². The maximum absolute atomic E-state index is 5.93. The maximum Gasteiger partial charge on any atom is 0.139 e. The molecule has 0 radical (unpaired) electrons. The number of nitrogen functional groups attached to an aromatic ring is 1. The molecular weight excluding hydrogens is 304 g/mol. The van der Waals surface area contributed by atoms with E-state index in [1.165, 1.54) is 6.33 Å². The summed E-state index contributed by atoms with van der Waals surface area (Å²) in [6, 6.07) is 6.07. The summed E-state index contributed by atoms with van der Waals surface area (Å²) in [5, 5.41) is 3.31. The van der Waals surface area contributed by atoms with Gasteiger partial charge in [-0.05, 0) is 36.6 Å². The second-order valence-electron chi connectivity index (χ2n) is 4.76. The first-order valence-electron chi connectivity index (χ1n) is 6.12. The number of aromatic nitrogens is 2. The van der Waals surface area contributed by atoms with Crippen molar-refractivity contribution in [1.29, 1.82) is 0 Å². The van der Waals surface area contributed by atoms with Crippen LogP contribution in [0.1, 0.15) is 30.9 Å². The molecule has 0 unspecified atom stereocenters. The van der Waals surface area contributed by atoms with Gasteiger partial charge in [-0.2, -0.15) is 0 Å². The zero-order valence-corrected chi connectivity index (χ0v) is 12.8. The molecule has 0 aliphatic rings. The lowest BCUT2D eigenvalue weighted by molar-refractivity contribution is 0.855. The van der Waals surface area contributed by atoms with Crippen molar-refractivity contribution < 1.29 is 0 Å². The fourth-order valence-corrected chi connectivity index (χ4v) is 2.18. The molecule has 0 aliphatic carbocycles. The van der Waals surface area contributed by atoms with Crippen molar-refractivity contribution in [3.8, 4) is 0 Å². The largest absolute Gasteiger partial charge is 0.383 e. The van der Waals surface area contributed by atoms with Crippen molar-refractivity contribution in [3.63, 3.8) is 0 Å². The Morgan fingerprint density at radius 2 is 2.00 bits per heavy atom. The van der Waals surface area contributed by atoms with Gasteiger partial charge in [0.15, 0.2) is 0 Å². The topological polar surface area (TPSA) is 63.8 Å². The minimum atomic E-state index is 0.264. The summed E-state index contributed by atoms with van der Waals surface area (Å²) in [5.41, 5.74) is 9.03. The third-order valence-electron chi connectivity index (χ3n) is 2.91. The number of halogens is 1. The predicted molar refractivity (Wildman–Crippen MR) is 82.7 cm³/mol. The van der Waals surface area contributed by atoms with Crippen LogP contribution in [0.25, 0.3) is 0 Å². The van der Waals surface area contributed by atoms with E-state index in [1.807, 2.05) is 19.1 Å². The van der Waals surface area contributed by atoms with E-state index in [-0.39, 0.29) is 5.92 Å². The SMILES string of the molecule is Cc1cc(Nc2ncnc(N)c2C(C)C)ccc1Br. The van der Waals surface area contributed by atoms with Crippen molar-refractivity contribution >= 4 is 33.3 Å². The van der Waals surface area contributed by atoms with Crippen molar-refractivity contribution in [2.24, 2.45) is 0 Å². The molecule has 0 amide bonds. The zero-order valence-electron chi connectivity index (χ0n) is 11.2. The summed E-state index contributed by atoms with van der Waals surface area (Å²) in [6.45, 7) is 6.20. The molecule has 19 heavy (non-hydrogen) atoms. The van der Waals surface area contributed by atoms with E-state index in [2.05, 4.69) is 51.1 Å². The standard InChI is InChI=1S/C14H17BrN4/c1-8(2)12-13(16)17-7-18-14(12)19-10-4-5-11(15)9(3)6-10/h4-8H,1-3H3,(H3,16,17,18,19). The highest BCUT2D eigenvalue weighted by Crippen LogP contribution is 2.29. The Labute approximate surface area is 121 Å². The van der Waals surface area contributed by atoms with Gasteiger partial charge in [-0.3, -0.25) is 0 Å². The molecule has 3 N–H and O–H groups in total. The predicted octanol–water partition coefficient (Wildman–Crippen LogP) is 4.00. The summed E-state index contributed by atoms with van der Waals surface area (Å²) in [6.07, 6.45) is 1.48. The Morgan fingerprint density at radius 1 is 1.26 bits per heavy atom. The minimum absolute atomic E-state index is 0.264. The molecule has 0 saturated heterocycles. The van der Waals surface area contributed by atoms with Gasteiger partial charge in [-0.1, -0.05) is 29.8 Å². The Morgan fingerprint density at radius 3 is 2.63 bits per heavy atom. The maximum atomic E-state index is 5.93. The number of nitrogens with zero attached hydrogens (tertiary/aromatic N) is 2. The molecule has 0 spiro atoms. The molecule has 1 heterocycles. The van der Waals surface area contributed by atoms with E-state index >= 15 is 0 Å². The van der Waals surface area contributed by atoms with E-state index in [1.54, 1.807) is 0 Å². The van der Waals surface area contributed by atoms with Gasteiger partial charge < -0.3 is 11.1 Å². The number of nitrogens with two attached hydrogens (primary N) is 1. The van der Waals surface area contributed by atoms with E-state index in [0.29, 0.717) is 5.82 Å². The average molecular weight is 321 g/mol. The van der Waals surface area contributed by atoms with E-state index in [9.17, 15) is 0 Å². The molecule has 0 saturated carbocycles. The quantitative estimate of drug-likeness (QED) is 0.897. The first-order chi connectivity index (χ1) is 8.99. The van der Waals surface area contributed by atoms with Crippen LogP contribution >= 0.6 is 15.9 Å². The molecule has 0 atom stereocenters. The number of rotatable bonds is 3. The van der Waals surface area contributed by atoms with Crippen LogP contribution in [0.4, 0.5) is 17.3 Å². The second kappa shape index (κ2) is 5.57. The van der Waals surface area contributed by atoms with Crippen LogP contribution < -0.4 is 11.1 Å². The molecule has 5 heteroatoms. The van der Waals surface area contributed by atoms with Crippen LogP contribution in [-0.2, 0) is 0 Å². The number of aryl methyl sites for hydroxylation is 1. The first kappa shape index (κ1) is 13.8. The molecule has 0 bridgehead atoms. The Kier molecular flexibility index (Phi) is 4.04. The van der Waals surface area contributed by atoms with Crippen molar-refractivity contribution in [2.45, 2.75) is 26.7 Å². The van der Waals surface area contributed by atoms with Gasteiger partial charge in [0, 0.05) is 15.7 Å². The summed E-state index contributed by atoms with van der Waals surface area (Å²) < 4.78 is 1.09. The van der Waals surface area contributed by atoms with Crippen LogP contribution in [0.3, 0.4) is 0 Å². The molecular formula is C14H17BrN4. The van der Waals surface area contributed by atoms with Gasteiger partial charge in [0.1, 0.15) is 18.0 Å². The molecule has 1 aromatic heterocycles. The van der Waals surface area contributed by atoms with Crippen LogP contribution in [0.15, 0.2) is 29.0 Å². The first-order valence-corrected chi connectivity index (χ1v) is 6.92. The van der Waals surface area contributed by atoms with Gasteiger partial charge in [-0.15, -0.1) is 0 Å². The molecule has 100 valence electrons. The summed E-state index contributed by atoms with van der Waals surface area (Å²) >= 11 is 3.49. The highest BCUT2D eigenvalue weighted by Gasteiger charge is 2.13. The monoisotopic (exact) mass is 320 g/mol. The Hall–Kier alpha value is -1.62. The fraction of sp³-hybridized carbons (Fsp3) is 0.286. The molecule has 0 aliphatic heterocycles. The number of nitrogens with one attached hydrogen (secondary N) is 1. The third kappa shape index (κ3) is 3.04.